The van der Waals surface area contributed by atoms with Gasteiger partial charge in [0.05, 0.1) is 6.04 Å². The van der Waals surface area contributed by atoms with Gasteiger partial charge in [-0.2, -0.15) is 0 Å². The molecule has 2 N–H and O–H groups in total. The maximum atomic E-state index is 11.7. The molecule has 1 aromatic rings. The van der Waals surface area contributed by atoms with E-state index in [4.69, 9.17) is 0 Å². The van der Waals surface area contributed by atoms with E-state index in [1.54, 1.807) is 7.05 Å². The number of carbonyl (C=O) groups excluding carboxylic acids is 1. The third-order valence-corrected chi connectivity index (χ3v) is 3.11. The topological polar surface area (TPSA) is 41.1 Å². The highest BCUT2D eigenvalue weighted by Gasteiger charge is 2.23. The normalized spacial score (nSPS) is 14.8. The van der Waals surface area contributed by atoms with Crippen LogP contribution in [0.4, 0.5) is 0 Å². The van der Waals surface area contributed by atoms with Crippen molar-refractivity contribution in [2.45, 2.75) is 46.2 Å². The molecule has 0 spiro atoms. The maximum absolute atomic E-state index is 11.7. The average molecular weight is 262 g/mol. The largest absolute Gasteiger partial charge is 0.358 e. The van der Waals surface area contributed by atoms with Gasteiger partial charge in [0.2, 0.25) is 5.91 Å². The predicted molar refractivity (Wildman–Crippen MR) is 79.9 cm³/mol. The van der Waals surface area contributed by atoms with Gasteiger partial charge in [-0.15, -0.1) is 0 Å². The van der Waals surface area contributed by atoms with Gasteiger partial charge in [-0.1, -0.05) is 51.1 Å². The molecule has 0 aliphatic heterocycles. The Kier molecular flexibility index (Phi) is 5.55. The Bertz CT molecular complexity index is 395. The van der Waals surface area contributed by atoms with Crippen LogP contribution in [-0.2, 0) is 4.79 Å². The molecule has 0 bridgehead atoms. The Hall–Kier alpha value is -1.35. The lowest BCUT2D eigenvalue weighted by Gasteiger charge is -2.29. The second-order valence-electron chi connectivity index (χ2n) is 6.23. The first-order valence-corrected chi connectivity index (χ1v) is 6.86. The maximum Gasteiger partial charge on any atom is 0.236 e. The summed E-state index contributed by atoms with van der Waals surface area (Å²) in [6.45, 7) is 8.55. The molecule has 1 amide bonds. The molecule has 0 heterocycles. The highest BCUT2D eigenvalue weighted by Crippen LogP contribution is 2.29. The SMILES string of the molecule is CNC(=O)C(C)NC(CC(C)(C)C)c1ccccc1. The van der Waals surface area contributed by atoms with Gasteiger partial charge in [0.25, 0.3) is 0 Å². The molecule has 19 heavy (non-hydrogen) atoms. The second-order valence-corrected chi connectivity index (χ2v) is 6.23. The molecule has 3 nitrogen and oxygen atoms in total. The monoisotopic (exact) mass is 262 g/mol. The Balaban J connectivity index is 2.85. The first-order valence-electron chi connectivity index (χ1n) is 6.86. The Labute approximate surface area is 116 Å². The van der Waals surface area contributed by atoms with Crippen LogP contribution in [0.25, 0.3) is 0 Å². The average Bonchev–Trinajstić information content (AvgIpc) is 2.36. The van der Waals surface area contributed by atoms with Crippen LogP contribution in [0.15, 0.2) is 30.3 Å². The number of likely N-dealkylation sites (N-methyl/N-ethyl adjacent to an activating group) is 1. The molecule has 2 atom stereocenters. The molecule has 106 valence electrons. The predicted octanol–water partition coefficient (Wildman–Crippen LogP) is 2.89. The summed E-state index contributed by atoms with van der Waals surface area (Å²) in [5.41, 5.74) is 1.43. The van der Waals surface area contributed by atoms with Crippen molar-refractivity contribution in [2.24, 2.45) is 5.41 Å². The fourth-order valence-corrected chi connectivity index (χ4v) is 2.16. The molecule has 1 rings (SSSR count). The van der Waals surface area contributed by atoms with E-state index < -0.39 is 0 Å². The minimum absolute atomic E-state index is 0.0230. The summed E-state index contributed by atoms with van der Waals surface area (Å²) in [7, 11) is 1.67. The number of rotatable bonds is 5. The van der Waals surface area contributed by atoms with E-state index in [0.717, 1.165) is 6.42 Å². The number of nitrogens with one attached hydrogen (secondary N) is 2. The molecule has 0 saturated carbocycles. The molecular weight excluding hydrogens is 236 g/mol. The van der Waals surface area contributed by atoms with Crippen molar-refractivity contribution < 1.29 is 4.79 Å². The Morgan fingerprint density at radius 1 is 1.21 bits per heavy atom. The van der Waals surface area contributed by atoms with Gasteiger partial charge in [-0.05, 0) is 24.3 Å². The first-order chi connectivity index (χ1) is 8.83. The molecule has 1 aromatic carbocycles. The quantitative estimate of drug-likeness (QED) is 0.856. The van der Waals surface area contributed by atoms with Gasteiger partial charge in [0.15, 0.2) is 0 Å². The summed E-state index contributed by atoms with van der Waals surface area (Å²) in [5.74, 6) is 0.0230. The van der Waals surface area contributed by atoms with Crippen LogP contribution in [0.2, 0.25) is 0 Å². The summed E-state index contributed by atoms with van der Waals surface area (Å²) >= 11 is 0. The van der Waals surface area contributed by atoms with E-state index in [1.165, 1.54) is 5.56 Å². The third kappa shape index (κ3) is 5.43. The van der Waals surface area contributed by atoms with Crippen LogP contribution >= 0.6 is 0 Å². The van der Waals surface area contributed by atoms with Gasteiger partial charge in [0.1, 0.15) is 0 Å². The van der Waals surface area contributed by atoms with Crippen molar-refractivity contribution in [1.82, 2.24) is 10.6 Å². The minimum atomic E-state index is -0.197. The fraction of sp³-hybridized carbons (Fsp3) is 0.562. The van der Waals surface area contributed by atoms with Crippen LogP contribution < -0.4 is 10.6 Å². The lowest BCUT2D eigenvalue weighted by Crippen LogP contribution is -2.43. The van der Waals surface area contributed by atoms with Gasteiger partial charge in [-0.25, -0.2) is 0 Å². The molecule has 2 unspecified atom stereocenters. The molecule has 0 radical (unpaired) electrons. The van der Waals surface area contributed by atoms with Crippen LogP contribution in [0.1, 0.15) is 45.7 Å². The Morgan fingerprint density at radius 2 is 1.79 bits per heavy atom. The highest BCUT2D eigenvalue weighted by molar-refractivity contribution is 5.80. The standard InChI is InChI=1S/C16H26N2O/c1-12(15(19)17-5)18-14(11-16(2,3)4)13-9-7-6-8-10-13/h6-10,12,14,18H,11H2,1-5H3,(H,17,19). The van der Waals surface area contributed by atoms with E-state index in [-0.39, 0.29) is 23.4 Å². The van der Waals surface area contributed by atoms with Gasteiger partial charge < -0.3 is 5.32 Å². The zero-order valence-corrected chi connectivity index (χ0v) is 12.7. The van der Waals surface area contributed by atoms with Crippen molar-refractivity contribution in [3.8, 4) is 0 Å². The number of carbonyl (C=O) groups is 1. The molecule has 0 fully saturated rings. The number of hydrogen-bond donors (Lipinski definition) is 2. The molecule has 0 saturated heterocycles. The minimum Gasteiger partial charge on any atom is -0.358 e. The summed E-state index contributed by atoms with van der Waals surface area (Å²) in [4.78, 5) is 11.7. The lowest BCUT2D eigenvalue weighted by atomic mass is 9.85. The zero-order chi connectivity index (χ0) is 14.5. The van der Waals surface area contributed by atoms with Gasteiger partial charge in [0, 0.05) is 13.1 Å². The zero-order valence-electron chi connectivity index (χ0n) is 12.7. The van der Waals surface area contributed by atoms with Gasteiger partial charge >= 0.3 is 0 Å². The highest BCUT2D eigenvalue weighted by atomic mass is 16.2. The van der Waals surface area contributed by atoms with Crippen molar-refractivity contribution in [1.29, 1.82) is 0 Å². The first kappa shape index (κ1) is 15.7. The van der Waals surface area contributed by atoms with Crippen LogP contribution in [-0.4, -0.2) is 19.0 Å². The Morgan fingerprint density at radius 3 is 2.26 bits per heavy atom. The summed E-state index contributed by atoms with van der Waals surface area (Å²) in [6.07, 6.45) is 0.984. The number of benzene rings is 1. The number of hydrogen-bond acceptors (Lipinski definition) is 2. The van der Waals surface area contributed by atoms with Crippen LogP contribution in [0.5, 0.6) is 0 Å². The summed E-state index contributed by atoms with van der Waals surface area (Å²) in [6, 6.07) is 10.3. The number of amides is 1. The molecule has 3 heteroatoms. The van der Waals surface area contributed by atoms with Crippen molar-refractivity contribution >= 4 is 5.91 Å². The van der Waals surface area contributed by atoms with E-state index in [0.29, 0.717) is 0 Å². The van der Waals surface area contributed by atoms with Crippen molar-refractivity contribution in [2.75, 3.05) is 7.05 Å². The van der Waals surface area contributed by atoms with E-state index in [9.17, 15) is 4.79 Å². The third-order valence-electron chi connectivity index (χ3n) is 3.11. The fourth-order valence-electron chi connectivity index (χ4n) is 2.16. The smallest absolute Gasteiger partial charge is 0.236 e. The van der Waals surface area contributed by atoms with E-state index in [2.05, 4.69) is 43.5 Å². The van der Waals surface area contributed by atoms with E-state index in [1.807, 2.05) is 25.1 Å². The lowest BCUT2D eigenvalue weighted by molar-refractivity contribution is -0.122. The van der Waals surface area contributed by atoms with E-state index >= 15 is 0 Å². The molecule has 0 aromatic heterocycles. The van der Waals surface area contributed by atoms with Crippen LogP contribution in [0.3, 0.4) is 0 Å². The second kappa shape index (κ2) is 6.71. The van der Waals surface area contributed by atoms with Crippen molar-refractivity contribution in [3.05, 3.63) is 35.9 Å². The van der Waals surface area contributed by atoms with Gasteiger partial charge in [-0.3, -0.25) is 10.1 Å². The van der Waals surface area contributed by atoms with Crippen LogP contribution in [0, 0.1) is 5.41 Å². The molecule has 0 aliphatic carbocycles. The molecule has 0 aliphatic rings. The summed E-state index contributed by atoms with van der Waals surface area (Å²) < 4.78 is 0. The summed E-state index contributed by atoms with van der Waals surface area (Å²) in [5, 5.41) is 6.11. The van der Waals surface area contributed by atoms with Crippen molar-refractivity contribution in [3.63, 3.8) is 0 Å². The molecular formula is C16H26N2O.